The third-order valence-electron chi connectivity index (χ3n) is 1.65. The number of nitrogens with one attached hydrogen (secondary N) is 1. The summed E-state index contributed by atoms with van der Waals surface area (Å²) >= 11 is -2.26. The van der Waals surface area contributed by atoms with E-state index in [1.54, 1.807) is 13.8 Å². The van der Waals surface area contributed by atoms with Crippen molar-refractivity contribution in [3.05, 3.63) is 0 Å². The average Bonchev–Trinajstić information content (AvgIpc) is 2.25. The molecule has 0 saturated carbocycles. The van der Waals surface area contributed by atoms with Crippen molar-refractivity contribution >= 4 is 23.1 Å². The topological polar surface area (TPSA) is 102 Å². The highest BCUT2D eigenvalue weighted by atomic mass is 32.2. The lowest BCUT2D eigenvalue weighted by atomic mass is 10.2. The van der Waals surface area contributed by atoms with Crippen molar-refractivity contribution in [1.29, 1.82) is 0 Å². The number of halogens is 1. The number of hydrogen-bond acceptors (Lipinski definition) is 5. The van der Waals surface area contributed by atoms with Gasteiger partial charge in [0.1, 0.15) is 6.17 Å². The van der Waals surface area contributed by atoms with Gasteiger partial charge in [-0.1, -0.05) is 13.8 Å². The summed E-state index contributed by atoms with van der Waals surface area (Å²) in [7, 11) is 0. The zero-order valence-electron chi connectivity index (χ0n) is 10.1. The van der Waals surface area contributed by atoms with Gasteiger partial charge in [-0.2, -0.15) is 0 Å². The zero-order chi connectivity index (χ0) is 14.1. The van der Waals surface area contributed by atoms with Gasteiger partial charge in [0.2, 0.25) is 6.79 Å². The summed E-state index contributed by atoms with van der Waals surface area (Å²) in [6, 6.07) is 0. The summed E-state index contributed by atoms with van der Waals surface area (Å²) in [5.74, 6) is -1.46. The molecule has 0 aromatic heterocycles. The van der Waals surface area contributed by atoms with E-state index in [2.05, 4.69) is 9.47 Å². The maximum atomic E-state index is 12.9. The van der Waals surface area contributed by atoms with E-state index >= 15 is 0 Å². The third-order valence-corrected chi connectivity index (χ3v) is 2.30. The summed E-state index contributed by atoms with van der Waals surface area (Å²) in [6.07, 6.45) is -2.63. The van der Waals surface area contributed by atoms with E-state index in [-0.39, 0.29) is 5.92 Å². The fourth-order valence-corrected chi connectivity index (χ4v) is 1.19. The molecule has 0 aliphatic rings. The first-order valence-electron chi connectivity index (χ1n) is 5.11. The number of carbonyl (C=O) groups excluding carboxylic acids is 2. The minimum absolute atomic E-state index is 0.341. The Kier molecular flexibility index (Phi) is 8.21. The van der Waals surface area contributed by atoms with E-state index < -0.39 is 48.4 Å². The summed E-state index contributed by atoms with van der Waals surface area (Å²) in [5.41, 5.74) is 0. The molecule has 2 N–H and O–H groups in total. The molecule has 0 aliphatic carbocycles. The van der Waals surface area contributed by atoms with Gasteiger partial charge in [-0.05, 0) is 0 Å². The van der Waals surface area contributed by atoms with Gasteiger partial charge < -0.3 is 19.3 Å². The molecule has 0 fully saturated rings. The Balaban J connectivity index is 3.66. The molecule has 1 amide bonds. The lowest BCUT2D eigenvalue weighted by molar-refractivity contribution is -0.155. The summed E-state index contributed by atoms with van der Waals surface area (Å²) in [6.45, 7) is 2.21. The SMILES string of the molecule is CC(C)C(=O)OCOC(=O)NC[C@H](F)CS(=O)O. The second-order valence-electron chi connectivity index (χ2n) is 3.63. The number of hydrogen-bond donors (Lipinski definition) is 2. The van der Waals surface area contributed by atoms with Crippen LogP contribution in [0.1, 0.15) is 13.8 Å². The normalized spacial score (nSPS) is 13.8. The quantitative estimate of drug-likeness (QED) is 0.399. The van der Waals surface area contributed by atoms with Gasteiger partial charge >= 0.3 is 12.1 Å². The number of ether oxygens (including phenoxy) is 2. The van der Waals surface area contributed by atoms with Crippen LogP contribution in [0.2, 0.25) is 0 Å². The molecular weight excluding hydrogens is 269 g/mol. The van der Waals surface area contributed by atoms with Gasteiger partial charge in [0.05, 0.1) is 18.2 Å². The van der Waals surface area contributed by atoms with E-state index in [0.717, 1.165) is 0 Å². The highest BCUT2D eigenvalue weighted by Crippen LogP contribution is 1.96. The molecule has 0 aromatic rings. The lowest BCUT2D eigenvalue weighted by Crippen LogP contribution is -2.33. The molecule has 7 nitrogen and oxygen atoms in total. The summed E-state index contributed by atoms with van der Waals surface area (Å²) in [5, 5.41) is 2.02. The van der Waals surface area contributed by atoms with Crippen LogP contribution >= 0.6 is 0 Å². The van der Waals surface area contributed by atoms with Gasteiger partial charge in [0.25, 0.3) is 0 Å². The smallest absolute Gasteiger partial charge is 0.410 e. The highest BCUT2D eigenvalue weighted by Gasteiger charge is 2.13. The maximum Gasteiger partial charge on any atom is 0.410 e. The minimum Gasteiger partial charge on any atom is -0.428 e. The van der Waals surface area contributed by atoms with Gasteiger partial charge in [-0.3, -0.25) is 4.79 Å². The molecule has 1 unspecified atom stereocenters. The molecule has 0 bridgehead atoms. The molecule has 0 rings (SSSR count). The maximum absolute atomic E-state index is 12.9. The number of esters is 1. The van der Waals surface area contributed by atoms with Gasteiger partial charge in [0, 0.05) is 0 Å². The number of alkyl carbamates (subject to hydrolysis) is 1. The first kappa shape index (κ1) is 16.8. The molecule has 0 aliphatic heterocycles. The van der Waals surface area contributed by atoms with Gasteiger partial charge in [0.15, 0.2) is 11.1 Å². The standard InChI is InChI=1S/C9H16FNO6S/c1-6(2)8(12)16-5-17-9(13)11-3-7(10)4-18(14)15/h6-7H,3-5H2,1-2H3,(H,11,13)(H,14,15)/t7-/m0/s1. The predicted molar refractivity (Wildman–Crippen MR) is 60.8 cm³/mol. The fraction of sp³-hybridized carbons (Fsp3) is 0.778. The molecule has 0 heterocycles. The Bertz CT molecular complexity index is 311. The van der Waals surface area contributed by atoms with Crippen LogP contribution in [0, 0.1) is 5.92 Å². The van der Waals surface area contributed by atoms with Crippen molar-refractivity contribution < 1.29 is 32.2 Å². The van der Waals surface area contributed by atoms with E-state index in [9.17, 15) is 18.2 Å². The Morgan fingerprint density at radius 2 is 2.00 bits per heavy atom. The Labute approximate surface area is 106 Å². The number of alkyl halides is 1. The zero-order valence-corrected chi connectivity index (χ0v) is 10.9. The van der Waals surface area contributed by atoms with Gasteiger partial charge in [-0.25, -0.2) is 13.4 Å². The van der Waals surface area contributed by atoms with Crippen LogP contribution in [-0.2, 0) is 25.3 Å². The monoisotopic (exact) mass is 285 g/mol. The first-order valence-corrected chi connectivity index (χ1v) is 6.39. The van der Waals surface area contributed by atoms with Crippen LogP contribution in [0.5, 0.6) is 0 Å². The predicted octanol–water partition coefficient (Wildman–Crippen LogP) is 0.429. The van der Waals surface area contributed by atoms with E-state index in [0.29, 0.717) is 0 Å². The van der Waals surface area contributed by atoms with E-state index in [1.165, 1.54) is 0 Å². The Morgan fingerprint density at radius 1 is 1.39 bits per heavy atom. The molecule has 2 atom stereocenters. The van der Waals surface area contributed by atoms with Crippen molar-refractivity contribution in [2.75, 3.05) is 19.1 Å². The van der Waals surface area contributed by atoms with Crippen molar-refractivity contribution in [2.45, 2.75) is 20.0 Å². The molecule has 0 spiro atoms. The van der Waals surface area contributed by atoms with Crippen LogP contribution in [-0.4, -0.2) is 46.1 Å². The summed E-state index contributed by atoms with van der Waals surface area (Å²) in [4.78, 5) is 21.9. The molecule has 0 radical (unpaired) electrons. The second kappa shape index (κ2) is 8.81. The van der Waals surface area contributed by atoms with Crippen LogP contribution < -0.4 is 5.32 Å². The van der Waals surface area contributed by atoms with Crippen LogP contribution in [0.15, 0.2) is 0 Å². The van der Waals surface area contributed by atoms with Crippen molar-refractivity contribution in [1.82, 2.24) is 5.32 Å². The average molecular weight is 285 g/mol. The number of amides is 1. The molecule has 106 valence electrons. The van der Waals surface area contributed by atoms with Crippen molar-refractivity contribution in [3.8, 4) is 0 Å². The highest BCUT2D eigenvalue weighted by molar-refractivity contribution is 7.79. The molecule has 0 aromatic carbocycles. The van der Waals surface area contributed by atoms with Gasteiger partial charge in [-0.15, -0.1) is 0 Å². The minimum atomic E-state index is -2.26. The first-order chi connectivity index (χ1) is 8.32. The van der Waals surface area contributed by atoms with Crippen LogP contribution in [0.3, 0.4) is 0 Å². The largest absolute Gasteiger partial charge is 0.428 e. The molecular formula is C9H16FNO6S. The molecule has 0 saturated heterocycles. The Morgan fingerprint density at radius 3 is 2.50 bits per heavy atom. The number of rotatable bonds is 7. The summed E-state index contributed by atoms with van der Waals surface area (Å²) < 4.78 is 40.4. The van der Waals surface area contributed by atoms with Crippen LogP contribution in [0.4, 0.5) is 9.18 Å². The molecule has 9 heteroatoms. The van der Waals surface area contributed by atoms with E-state index in [4.69, 9.17) is 4.55 Å². The fourth-order valence-electron chi connectivity index (χ4n) is 0.766. The third kappa shape index (κ3) is 8.88. The van der Waals surface area contributed by atoms with E-state index in [1.807, 2.05) is 5.32 Å². The van der Waals surface area contributed by atoms with Crippen molar-refractivity contribution in [2.24, 2.45) is 5.92 Å². The lowest BCUT2D eigenvalue weighted by Gasteiger charge is -2.10. The number of carbonyl (C=O) groups is 2. The second-order valence-corrected chi connectivity index (χ2v) is 4.61. The van der Waals surface area contributed by atoms with Crippen molar-refractivity contribution in [3.63, 3.8) is 0 Å². The Hall–Kier alpha value is -1.22. The molecule has 18 heavy (non-hydrogen) atoms. The van der Waals surface area contributed by atoms with Crippen LogP contribution in [0.25, 0.3) is 0 Å².